The third-order valence-corrected chi connectivity index (χ3v) is 4.53. The topological polar surface area (TPSA) is 38.3 Å². The molecule has 22 heavy (non-hydrogen) atoms. The van der Waals surface area contributed by atoms with E-state index in [0.29, 0.717) is 4.88 Å². The summed E-state index contributed by atoms with van der Waals surface area (Å²) in [5, 5.41) is 2.60. The number of fused-ring (bicyclic) bond motifs is 1. The molecule has 1 N–H and O–H groups in total. The van der Waals surface area contributed by atoms with Crippen LogP contribution in [-0.2, 0) is 12.8 Å². The van der Waals surface area contributed by atoms with Gasteiger partial charge in [0.25, 0.3) is 5.91 Å². The number of carbonyl (C=O) groups is 1. The van der Waals surface area contributed by atoms with Crippen molar-refractivity contribution in [2.45, 2.75) is 25.6 Å². The van der Waals surface area contributed by atoms with Crippen molar-refractivity contribution in [3.63, 3.8) is 0 Å². The average Bonchev–Trinajstić information content (AvgIpc) is 2.97. The maximum absolute atomic E-state index is 12.2. The van der Waals surface area contributed by atoms with Crippen LogP contribution in [0.2, 0.25) is 0 Å². The molecule has 1 aliphatic rings. The summed E-state index contributed by atoms with van der Waals surface area (Å²) in [7, 11) is 0. The summed E-state index contributed by atoms with van der Waals surface area (Å²) in [4.78, 5) is 13.9. The lowest BCUT2D eigenvalue weighted by molar-refractivity contribution is -0.274. The number of nitrogens with one attached hydrogen (secondary N) is 1. The molecule has 0 unspecified atom stereocenters. The molecule has 7 heteroatoms. The monoisotopic (exact) mass is 327 g/mol. The Morgan fingerprint density at radius 2 is 2.05 bits per heavy atom. The van der Waals surface area contributed by atoms with E-state index < -0.39 is 6.36 Å². The summed E-state index contributed by atoms with van der Waals surface area (Å²) in [6.07, 6.45) is -1.67. The highest BCUT2D eigenvalue weighted by molar-refractivity contribution is 7.14. The molecule has 1 heterocycles. The summed E-state index contributed by atoms with van der Waals surface area (Å²) in [5.41, 5.74) is 1.46. The molecule has 3 rings (SSSR count). The molecular weight excluding hydrogens is 315 g/mol. The van der Waals surface area contributed by atoms with Crippen LogP contribution in [0.3, 0.4) is 0 Å². The molecule has 0 saturated heterocycles. The van der Waals surface area contributed by atoms with Gasteiger partial charge in [0.2, 0.25) is 0 Å². The van der Waals surface area contributed by atoms with Gasteiger partial charge in [-0.3, -0.25) is 4.79 Å². The van der Waals surface area contributed by atoms with Gasteiger partial charge in [0.1, 0.15) is 5.75 Å². The zero-order chi connectivity index (χ0) is 15.7. The molecule has 1 aromatic heterocycles. The van der Waals surface area contributed by atoms with Gasteiger partial charge >= 0.3 is 6.36 Å². The van der Waals surface area contributed by atoms with E-state index in [-0.39, 0.29) is 17.3 Å². The lowest BCUT2D eigenvalue weighted by Crippen LogP contribution is -2.17. The van der Waals surface area contributed by atoms with Gasteiger partial charge < -0.3 is 10.1 Å². The average molecular weight is 327 g/mol. The fourth-order valence-corrected chi connectivity index (χ4v) is 3.55. The number of halogens is 3. The molecule has 0 saturated carbocycles. The Balaban J connectivity index is 1.72. The van der Waals surface area contributed by atoms with Crippen LogP contribution < -0.4 is 10.1 Å². The zero-order valence-corrected chi connectivity index (χ0v) is 12.2. The highest BCUT2D eigenvalue weighted by atomic mass is 32.1. The third kappa shape index (κ3) is 3.41. The highest BCUT2D eigenvalue weighted by Crippen LogP contribution is 2.31. The minimum Gasteiger partial charge on any atom is -0.406 e. The van der Waals surface area contributed by atoms with Gasteiger partial charge in [-0.2, -0.15) is 0 Å². The Bertz CT molecular complexity index is 688. The molecule has 0 atom stereocenters. The van der Waals surface area contributed by atoms with Crippen molar-refractivity contribution >= 4 is 22.9 Å². The summed E-state index contributed by atoms with van der Waals surface area (Å²) < 4.78 is 40.4. The lowest BCUT2D eigenvalue weighted by atomic mass is 10.2. The molecule has 1 amide bonds. The van der Waals surface area contributed by atoms with Crippen LogP contribution in [0.15, 0.2) is 30.3 Å². The molecule has 1 aromatic carbocycles. The number of anilines is 1. The van der Waals surface area contributed by atoms with Crippen molar-refractivity contribution < 1.29 is 22.7 Å². The van der Waals surface area contributed by atoms with Gasteiger partial charge in [-0.25, -0.2) is 0 Å². The molecule has 0 aliphatic heterocycles. The lowest BCUT2D eigenvalue weighted by Gasteiger charge is -2.10. The van der Waals surface area contributed by atoms with Crippen molar-refractivity contribution in [1.29, 1.82) is 0 Å². The molecule has 2 aromatic rings. The summed E-state index contributed by atoms with van der Waals surface area (Å²) in [6, 6.07) is 7.10. The van der Waals surface area contributed by atoms with E-state index in [0.717, 1.165) is 25.3 Å². The van der Waals surface area contributed by atoms with Crippen LogP contribution in [-0.4, -0.2) is 12.3 Å². The quantitative estimate of drug-likeness (QED) is 0.908. The number of benzene rings is 1. The maximum Gasteiger partial charge on any atom is 0.573 e. The summed E-state index contributed by atoms with van der Waals surface area (Å²) in [5.74, 6) is -0.678. The predicted molar refractivity (Wildman–Crippen MR) is 77.4 cm³/mol. The van der Waals surface area contributed by atoms with E-state index in [4.69, 9.17) is 0 Å². The number of amides is 1. The van der Waals surface area contributed by atoms with E-state index in [1.807, 2.05) is 6.07 Å². The van der Waals surface area contributed by atoms with Crippen molar-refractivity contribution in [3.8, 4) is 5.75 Å². The van der Waals surface area contributed by atoms with E-state index in [1.54, 1.807) is 0 Å². The number of thiophene rings is 1. The number of ether oxygens (including phenoxy) is 1. The van der Waals surface area contributed by atoms with Gasteiger partial charge in [-0.15, -0.1) is 24.5 Å². The number of aryl methyl sites for hydroxylation is 2. The smallest absolute Gasteiger partial charge is 0.406 e. The molecular formula is C15H12F3NO2S. The molecule has 116 valence electrons. The van der Waals surface area contributed by atoms with Gasteiger partial charge in [-0.05, 0) is 43.0 Å². The number of rotatable bonds is 3. The second-order valence-corrected chi connectivity index (χ2v) is 6.08. The van der Waals surface area contributed by atoms with E-state index in [2.05, 4.69) is 10.1 Å². The molecule has 3 nitrogen and oxygen atoms in total. The van der Waals surface area contributed by atoms with E-state index >= 15 is 0 Å². The fourth-order valence-electron chi connectivity index (χ4n) is 2.40. The number of hydrogen-bond donors (Lipinski definition) is 1. The summed E-state index contributed by atoms with van der Waals surface area (Å²) >= 11 is 1.44. The maximum atomic E-state index is 12.2. The predicted octanol–water partition coefficient (Wildman–Crippen LogP) is 4.39. The van der Waals surface area contributed by atoms with Crippen LogP contribution in [0, 0.1) is 0 Å². The minimum atomic E-state index is -4.75. The van der Waals surface area contributed by atoms with Crippen molar-refractivity contribution in [3.05, 3.63) is 45.6 Å². The molecule has 0 radical (unpaired) electrons. The Kier molecular flexibility index (Phi) is 3.82. The first-order valence-corrected chi connectivity index (χ1v) is 7.51. The van der Waals surface area contributed by atoms with Gasteiger partial charge in [0.05, 0.1) is 4.88 Å². The minimum absolute atomic E-state index is 0.264. The fraction of sp³-hybridized carbons (Fsp3) is 0.267. The van der Waals surface area contributed by atoms with Crippen LogP contribution in [0.25, 0.3) is 0 Å². The second-order valence-electron chi connectivity index (χ2n) is 4.94. The first-order valence-electron chi connectivity index (χ1n) is 6.69. The first kappa shape index (κ1) is 14.9. The Labute approximate surface area is 128 Å². The second kappa shape index (κ2) is 5.64. The number of alkyl halides is 3. The highest BCUT2D eigenvalue weighted by Gasteiger charge is 2.31. The van der Waals surface area contributed by atoms with Gasteiger partial charge in [-0.1, -0.05) is 6.07 Å². The Morgan fingerprint density at radius 1 is 1.23 bits per heavy atom. The van der Waals surface area contributed by atoms with E-state index in [1.165, 1.54) is 40.0 Å². The molecule has 0 spiro atoms. The van der Waals surface area contributed by atoms with Crippen molar-refractivity contribution in [2.75, 3.05) is 5.32 Å². The first-order chi connectivity index (χ1) is 10.4. The standard InChI is InChI=1S/C15H12F3NO2S/c16-15(17,18)21-11-5-2-4-10(8-11)19-14(20)13-7-9-3-1-6-12(9)22-13/h2,4-5,7-8H,1,3,6H2,(H,19,20). The Hall–Kier alpha value is -2.02. The largest absolute Gasteiger partial charge is 0.573 e. The van der Waals surface area contributed by atoms with Crippen LogP contribution in [0.1, 0.15) is 26.5 Å². The zero-order valence-electron chi connectivity index (χ0n) is 11.4. The van der Waals surface area contributed by atoms with Crippen molar-refractivity contribution in [2.24, 2.45) is 0 Å². The van der Waals surface area contributed by atoms with Gasteiger partial charge in [0, 0.05) is 16.6 Å². The number of carbonyl (C=O) groups excluding carboxylic acids is 1. The van der Waals surface area contributed by atoms with Crippen molar-refractivity contribution in [1.82, 2.24) is 0 Å². The van der Waals surface area contributed by atoms with E-state index in [9.17, 15) is 18.0 Å². The summed E-state index contributed by atoms with van der Waals surface area (Å²) in [6.45, 7) is 0. The SMILES string of the molecule is O=C(Nc1cccc(OC(F)(F)F)c1)c1cc2c(s1)CCC2. The molecule has 0 bridgehead atoms. The normalized spacial score (nSPS) is 13.8. The Morgan fingerprint density at radius 3 is 2.77 bits per heavy atom. The van der Waals surface area contributed by atoms with Crippen LogP contribution in [0.5, 0.6) is 5.75 Å². The third-order valence-electron chi connectivity index (χ3n) is 3.30. The van der Waals surface area contributed by atoms with Crippen LogP contribution >= 0.6 is 11.3 Å². The molecule has 1 aliphatic carbocycles. The number of hydrogen-bond acceptors (Lipinski definition) is 3. The van der Waals surface area contributed by atoms with Gasteiger partial charge in [0.15, 0.2) is 0 Å². The van der Waals surface area contributed by atoms with Crippen LogP contribution in [0.4, 0.5) is 18.9 Å². The molecule has 0 fully saturated rings.